The van der Waals surface area contributed by atoms with Crippen LogP contribution in [0, 0.1) is 0 Å². The van der Waals surface area contributed by atoms with Crippen LogP contribution in [0.5, 0.6) is 0 Å². The summed E-state index contributed by atoms with van der Waals surface area (Å²) in [5, 5.41) is 7.92. The first-order chi connectivity index (χ1) is 20.3. The van der Waals surface area contributed by atoms with Gasteiger partial charge in [-0.3, -0.25) is 0 Å². The summed E-state index contributed by atoms with van der Waals surface area (Å²) in [6.07, 6.45) is 0. The third kappa shape index (κ3) is 3.70. The quantitative estimate of drug-likeness (QED) is 0.190. The summed E-state index contributed by atoms with van der Waals surface area (Å²) >= 11 is 0. The van der Waals surface area contributed by atoms with Gasteiger partial charge in [0.2, 0.25) is 0 Å². The van der Waals surface area contributed by atoms with E-state index in [9.17, 15) is 0 Å². The van der Waals surface area contributed by atoms with Crippen LogP contribution >= 0.6 is 10.0 Å². The van der Waals surface area contributed by atoms with Crippen molar-refractivity contribution < 1.29 is 0 Å². The monoisotopic (exact) mass is 540 g/mol. The lowest BCUT2D eigenvalue weighted by atomic mass is 9.90. The van der Waals surface area contributed by atoms with Crippen LogP contribution in [0.25, 0.3) is 43.4 Å². The zero-order valence-corrected chi connectivity index (χ0v) is 23.4. The molecule has 0 nitrogen and oxygen atoms in total. The molecular weight excluding hydrogens is 513 g/mol. The van der Waals surface area contributed by atoms with E-state index in [0.717, 1.165) is 0 Å². The predicted molar refractivity (Wildman–Crippen MR) is 176 cm³/mol. The predicted octanol–water partition coefficient (Wildman–Crippen LogP) is 11.6. The summed E-state index contributed by atoms with van der Waals surface area (Å²) in [5.74, 6) is 0. The lowest BCUT2D eigenvalue weighted by Crippen LogP contribution is -2.05. The van der Waals surface area contributed by atoms with E-state index in [1.54, 1.807) is 0 Å². The second kappa shape index (κ2) is 9.66. The Labute approximate surface area is 242 Å². The first-order valence-electron chi connectivity index (χ1n) is 14.1. The van der Waals surface area contributed by atoms with E-state index in [1.807, 2.05) is 0 Å². The average molecular weight is 541 g/mol. The minimum Gasteiger partial charge on any atom is -0.133 e. The molecule has 0 fully saturated rings. The third-order valence-electron chi connectivity index (χ3n) is 8.32. The zero-order chi connectivity index (χ0) is 27.2. The highest BCUT2D eigenvalue weighted by Gasteiger charge is 2.33. The topological polar surface area (TPSA) is 0 Å². The van der Waals surface area contributed by atoms with Crippen molar-refractivity contribution in [2.45, 2.75) is 19.6 Å². The second-order valence-corrected chi connectivity index (χ2v) is 13.7. The van der Waals surface area contributed by atoms with Gasteiger partial charge in [-0.25, -0.2) is 0 Å². The van der Waals surface area contributed by atoms with Gasteiger partial charge in [0.1, 0.15) is 0 Å². The summed E-state index contributed by atoms with van der Waals surface area (Å²) in [4.78, 5) is 5.35. The second-order valence-electron chi connectivity index (χ2n) is 10.5. The zero-order valence-electron chi connectivity index (χ0n) is 22.6. The van der Waals surface area contributed by atoms with Crippen molar-refractivity contribution in [3.05, 3.63) is 170 Å². The largest absolute Gasteiger partial charge is 0.133 e. The van der Waals surface area contributed by atoms with Gasteiger partial charge in [0.05, 0.1) is 0 Å². The molecule has 0 aliphatic rings. The van der Waals surface area contributed by atoms with Crippen LogP contribution in [-0.4, -0.2) is 0 Å². The van der Waals surface area contributed by atoms with E-state index in [4.69, 9.17) is 0 Å². The van der Waals surface area contributed by atoms with Crippen molar-refractivity contribution in [2.75, 3.05) is 0 Å². The molecule has 1 heteroatoms. The van der Waals surface area contributed by atoms with Gasteiger partial charge in [0, 0.05) is 19.6 Å². The first kappa shape index (κ1) is 24.0. The smallest absolute Gasteiger partial charge is 0.00291 e. The first-order valence-corrected chi connectivity index (χ1v) is 15.7. The van der Waals surface area contributed by atoms with Gasteiger partial charge in [-0.15, -0.1) is 10.0 Å². The number of hydrogen-bond donors (Lipinski definition) is 0. The highest BCUT2D eigenvalue weighted by atomic mass is 32.3. The Bertz CT molecular complexity index is 2020. The van der Waals surface area contributed by atoms with Gasteiger partial charge in [-0.1, -0.05) is 121 Å². The molecule has 0 saturated heterocycles. The summed E-state index contributed by atoms with van der Waals surface area (Å²) in [7, 11) is -1.74. The third-order valence-corrected chi connectivity index (χ3v) is 12.2. The Kier molecular flexibility index (Phi) is 5.65. The molecule has 8 aromatic rings. The lowest BCUT2D eigenvalue weighted by molar-refractivity contribution is 1.24. The van der Waals surface area contributed by atoms with E-state index >= 15 is 0 Å². The highest BCUT2D eigenvalue weighted by Crippen LogP contribution is 2.73. The van der Waals surface area contributed by atoms with Crippen LogP contribution < -0.4 is 0 Å². The van der Waals surface area contributed by atoms with Crippen LogP contribution in [0.2, 0.25) is 0 Å². The summed E-state index contributed by atoms with van der Waals surface area (Å²) in [6.45, 7) is 0. The SMILES string of the molecule is c1ccc(S(c2ccccc2)(c2ccccc2)c2cccc(-c3ccc4ccc5cccc6ccc3c4c56)c2)cc1. The lowest BCUT2D eigenvalue weighted by Gasteiger charge is -2.42. The Balaban J connectivity index is 1.43. The van der Waals surface area contributed by atoms with E-state index < -0.39 is 10.0 Å². The molecule has 0 saturated carbocycles. The summed E-state index contributed by atoms with van der Waals surface area (Å²) < 4.78 is 0. The van der Waals surface area contributed by atoms with Crippen molar-refractivity contribution in [1.29, 1.82) is 0 Å². The molecule has 0 heterocycles. The van der Waals surface area contributed by atoms with Gasteiger partial charge in [0.15, 0.2) is 0 Å². The highest BCUT2D eigenvalue weighted by molar-refractivity contribution is 8.34. The number of rotatable bonds is 5. The minimum absolute atomic E-state index is 1.25. The maximum Gasteiger partial charge on any atom is 0.00291 e. The van der Waals surface area contributed by atoms with E-state index in [-0.39, 0.29) is 0 Å². The molecule has 8 rings (SSSR count). The van der Waals surface area contributed by atoms with E-state index in [0.29, 0.717) is 0 Å². The molecular formula is C40H28S. The maximum absolute atomic E-state index is 2.45. The molecule has 41 heavy (non-hydrogen) atoms. The van der Waals surface area contributed by atoms with Gasteiger partial charge in [0.25, 0.3) is 0 Å². The number of benzene rings is 8. The average Bonchev–Trinajstić information content (AvgIpc) is 3.06. The molecule has 0 radical (unpaired) electrons. The molecule has 0 N–H and O–H groups in total. The Morgan fingerprint density at radius 1 is 0.317 bits per heavy atom. The van der Waals surface area contributed by atoms with Gasteiger partial charge < -0.3 is 0 Å². The fourth-order valence-electron chi connectivity index (χ4n) is 6.53. The minimum atomic E-state index is -1.74. The molecule has 8 aromatic carbocycles. The fourth-order valence-corrected chi connectivity index (χ4v) is 10.4. The molecule has 0 spiro atoms. The van der Waals surface area contributed by atoms with Crippen LogP contribution in [-0.2, 0) is 0 Å². The van der Waals surface area contributed by atoms with Gasteiger partial charge in [-0.2, -0.15) is 0 Å². The standard InChI is InChI=1S/C40H28S/c1-4-15-33(16-5-1)41(34-17-6-2-7-18-34,35-19-8-3-9-20-35)36-21-11-14-32(28-36)37-26-24-31-23-22-29-12-10-13-30-25-27-38(37)40(31)39(29)30/h1-28H. The fraction of sp³-hybridized carbons (Fsp3) is 0. The van der Waals surface area contributed by atoms with Crippen molar-refractivity contribution in [1.82, 2.24) is 0 Å². The Morgan fingerprint density at radius 2 is 0.780 bits per heavy atom. The maximum atomic E-state index is 2.45. The van der Waals surface area contributed by atoms with Crippen molar-refractivity contribution in [3.63, 3.8) is 0 Å². The van der Waals surface area contributed by atoms with E-state index in [2.05, 4.69) is 170 Å². The molecule has 0 bridgehead atoms. The number of hydrogen-bond acceptors (Lipinski definition) is 0. The van der Waals surface area contributed by atoms with Crippen molar-refractivity contribution in [2.24, 2.45) is 0 Å². The molecule has 0 amide bonds. The summed E-state index contributed by atoms with van der Waals surface area (Å²) in [5.41, 5.74) is 2.53. The Morgan fingerprint density at radius 3 is 1.37 bits per heavy atom. The van der Waals surface area contributed by atoms with Crippen molar-refractivity contribution >= 4 is 42.3 Å². The molecule has 0 unspecified atom stereocenters. The van der Waals surface area contributed by atoms with Crippen molar-refractivity contribution in [3.8, 4) is 11.1 Å². The van der Waals surface area contributed by atoms with E-state index in [1.165, 1.54) is 63.0 Å². The van der Waals surface area contributed by atoms with Gasteiger partial charge in [-0.05, 0) is 92.0 Å². The molecule has 0 aromatic heterocycles. The molecule has 0 atom stereocenters. The normalized spacial score (nSPS) is 12.3. The Hall–Kier alpha value is -4.85. The molecule has 0 aliphatic heterocycles. The van der Waals surface area contributed by atoms with Gasteiger partial charge >= 0.3 is 0 Å². The molecule has 0 aliphatic carbocycles. The van der Waals surface area contributed by atoms with Crippen LogP contribution in [0.3, 0.4) is 0 Å². The van der Waals surface area contributed by atoms with Crippen LogP contribution in [0.1, 0.15) is 0 Å². The molecule has 194 valence electrons. The van der Waals surface area contributed by atoms with Crippen LogP contribution in [0.4, 0.5) is 0 Å². The van der Waals surface area contributed by atoms with Crippen LogP contribution in [0.15, 0.2) is 189 Å². The summed E-state index contributed by atoms with van der Waals surface area (Å²) in [6, 6.07) is 62.9.